The van der Waals surface area contributed by atoms with Crippen LogP contribution < -0.4 is 11.1 Å². The molecule has 2 aromatic rings. The van der Waals surface area contributed by atoms with E-state index in [1.807, 2.05) is 18.2 Å². The summed E-state index contributed by atoms with van der Waals surface area (Å²) in [6.07, 6.45) is 0. The minimum atomic E-state index is -0.620. The predicted molar refractivity (Wildman–Crippen MR) is 88.9 cm³/mol. The lowest BCUT2D eigenvalue weighted by Crippen LogP contribution is -2.21. The SMILES string of the molecule is Nc1ccccc1C(=O)OCC(=O)Nc1cccc(I)c1. The van der Waals surface area contributed by atoms with Gasteiger partial charge in [0, 0.05) is 14.9 Å². The Labute approximate surface area is 135 Å². The van der Waals surface area contributed by atoms with Crippen LogP contribution in [0.2, 0.25) is 0 Å². The van der Waals surface area contributed by atoms with E-state index in [1.54, 1.807) is 30.3 Å². The number of nitrogens with one attached hydrogen (secondary N) is 1. The molecule has 0 bridgehead atoms. The molecule has 3 N–H and O–H groups in total. The van der Waals surface area contributed by atoms with E-state index in [-0.39, 0.29) is 12.2 Å². The van der Waals surface area contributed by atoms with Crippen molar-refractivity contribution in [1.82, 2.24) is 0 Å². The van der Waals surface area contributed by atoms with Gasteiger partial charge in [-0.2, -0.15) is 0 Å². The Kier molecular flexibility index (Phi) is 5.15. The summed E-state index contributed by atoms with van der Waals surface area (Å²) in [5.74, 6) is -1.02. The van der Waals surface area contributed by atoms with Gasteiger partial charge in [-0.15, -0.1) is 0 Å². The molecule has 1 amide bonds. The summed E-state index contributed by atoms with van der Waals surface area (Å²) >= 11 is 2.14. The highest BCUT2D eigenvalue weighted by molar-refractivity contribution is 14.1. The van der Waals surface area contributed by atoms with Crippen molar-refractivity contribution in [3.63, 3.8) is 0 Å². The standard InChI is InChI=1S/C15H13IN2O3/c16-10-4-3-5-11(8-10)18-14(19)9-21-15(20)12-6-1-2-7-13(12)17/h1-8H,9,17H2,(H,18,19). The normalized spacial score (nSPS) is 9.95. The number of benzene rings is 2. The molecule has 0 spiro atoms. The van der Waals surface area contributed by atoms with Crippen molar-refractivity contribution < 1.29 is 14.3 Å². The molecule has 5 nitrogen and oxygen atoms in total. The maximum absolute atomic E-state index is 11.8. The van der Waals surface area contributed by atoms with Gasteiger partial charge in [-0.05, 0) is 52.9 Å². The fourth-order valence-corrected chi connectivity index (χ4v) is 2.20. The minimum absolute atomic E-state index is 0.250. The van der Waals surface area contributed by atoms with Crippen LogP contribution in [-0.4, -0.2) is 18.5 Å². The van der Waals surface area contributed by atoms with Crippen molar-refractivity contribution in [2.75, 3.05) is 17.7 Å². The van der Waals surface area contributed by atoms with Gasteiger partial charge in [0.1, 0.15) is 0 Å². The predicted octanol–water partition coefficient (Wildman–Crippen LogP) is 2.67. The number of ether oxygens (including phenoxy) is 1. The average molecular weight is 396 g/mol. The van der Waals surface area contributed by atoms with Crippen molar-refractivity contribution in [1.29, 1.82) is 0 Å². The van der Waals surface area contributed by atoms with Crippen LogP contribution in [0, 0.1) is 3.57 Å². The van der Waals surface area contributed by atoms with Gasteiger partial charge in [0.2, 0.25) is 0 Å². The van der Waals surface area contributed by atoms with E-state index in [9.17, 15) is 9.59 Å². The number of esters is 1. The van der Waals surface area contributed by atoms with Crippen LogP contribution in [0.4, 0.5) is 11.4 Å². The summed E-state index contributed by atoms with van der Waals surface area (Å²) in [7, 11) is 0. The molecule has 0 saturated heterocycles. The van der Waals surface area contributed by atoms with Gasteiger partial charge in [0.25, 0.3) is 5.91 Å². The third-order valence-electron chi connectivity index (χ3n) is 2.62. The highest BCUT2D eigenvalue weighted by Gasteiger charge is 2.12. The smallest absolute Gasteiger partial charge is 0.340 e. The van der Waals surface area contributed by atoms with Gasteiger partial charge in [0.15, 0.2) is 6.61 Å². The fourth-order valence-electron chi connectivity index (χ4n) is 1.66. The molecule has 0 unspecified atom stereocenters. The molecule has 0 aromatic heterocycles. The molecule has 2 rings (SSSR count). The lowest BCUT2D eigenvalue weighted by Gasteiger charge is -2.08. The topological polar surface area (TPSA) is 81.4 Å². The Bertz CT molecular complexity index is 673. The summed E-state index contributed by atoms with van der Waals surface area (Å²) < 4.78 is 5.94. The van der Waals surface area contributed by atoms with Crippen LogP contribution in [0.25, 0.3) is 0 Å². The van der Waals surface area contributed by atoms with Crippen molar-refractivity contribution in [2.24, 2.45) is 0 Å². The number of anilines is 2. The third-order valence-corrected chi connectivity index (χ3v) is 3.29. The number of amides is 1. The Morgan fingerprint density at radius 2 is 1.90 bits per heavy atom. The molecule has 2 aromatic carbocycles. The number of halogens is 1. The van der Waals surface area contributed by atoms with E-state index in [4.69, 9.17) is 10.5 Å². The lowest BCUT2D eigenvalue weighted by atomic mass is 10.2. The van der Waals surface area contributed by atoms with E-state index in [1.165, 1.54) is 0 Å². The van der Waals surface area contributed by atoms with E-state index >= 15 is 0 Å². The molecule has 21 heavy (non-hydrogen) atoms. The maximum atomic E-state index is 11.8. The number of para-hydroxylation sites is 1. The summed E-state index contributed by atoms with van der Waals surface area (Å²) in [6, 6.07) is 13.9. The molecule has 0 heterocycles. The van der Waals surface area contributed by atoms with Crippen LogP contribution in [0.3, 0.4) is 0 Å². The lowest BCUT2D eigenvalue weighted by molar-refractivity contribution is -0.119. The number of rotatable bonds is 4. The fraction of sp³-hybridized carbons (Fsp3) is 0.0667. The number of carbonyl (C=O) groups excluding carboxylic acids is 2. The second-order valence-electron chi connectivity index (χ2n) is 4.22. The van der Waals surface area contributed by atoms with E-state index in [0.29, 0.717) is 11.4 Å². The Hall–Kier alpha value is -2.09. The molecule has 0 aliphatic heterocycles. The zero-order valence-corrected chi connectivity index (χ0v) is 13.2. The molecule has 0 aliphatic rings. The largest absolute Gasteiger partial charge is 0.452 e. The van der Waals surface area contributed by atoms with Gasteiger partial charge in [-0.3, -0.25) is 4.79 Å². The van der Waals surface area contributed by atoms with Gasteiger partial charge in [-0.25, -0.2) is 4.79 Å². The second kappa shape index (κ2) is 7.07. The van der Waals surface area contributed by atoms with Crippen LogP contribution in [0.15, 0.2) is 48.5 Å². The van der Waals surface area contributed by atoms with E-state index in [2.05, 4.69) is 27.9 Å². The van der Waals surface area contributed by atoms with Crippen LogP contribution in [-0.2, 0) is 9.53 Å². The zero-order chi connectivity index (χ0) is 15.2. The van der Waals surface area contributed by atoms with Crippen LogP contribution in [0.5, 0.6) is 0 Å². The quantitative estimate of drug-likeness (QED) is 0.473. The monoisotopic (exact) mass is 396 g/mol. The Morgan fingerprint density at radius 3 is 2.62 bits per heavy atom. The summed E-state index contributed by atoms with van der Waals surface area (Å²) in [6.45, 7) is -0.362. The van der Waals surface area contributed by atoms with Crippen LogP contribution in [0.1, 0.15) is 10.4 Å². The molecule has 0 aliphatic carbocycles. The molecule has 0 saturated carbocycles. The zero-order valence-electron chi connectivity index (χ0n) is 11.0. The summed E-state index contributed by atoms with van der Waals surface area (Å²) in [5, 5.41) is 2.65. The number of nitrogens with two attached hydrogens (primary N) is 1. The summed E-state index contributed by atoms with van der Waals surface area (Å²) in [4.78, 5) is 23.5. The highest BCUT2D eigenvalue weighted by atomic mass is 127. The van der Waals surface area contributed by atoms with Gasteiger partial charge in [-0.1, -0.05) is 18.2 Å². The molecule has 0 radical (unpaired) electrons. The number of hydrogen-bond acceptors (Lipinski definition) is 4. The molecular weight excluding hydrogens is 383 g/mol. The number of carbonyl (C=O) groups is 2. The highest BCUT2D eigenvalue weighted by Crippen LogP contribution is 2.13. The second-order valence-corrected chi connectivity index (χ2v) is 5.47. The summed E-state index contributed by atoms with van der Waals surface area (Å²) in [5.41, 5.74) is 6.89. The molecule has 0 atom stereocenters. The molecule has 0 fully saturated rings. The number of hydrogen-bond donors (Lipinski definition) is 2. The van der Waals surface area contributed by atoms with E-state index in [0.717, 1.165) is 3.57 Å². The molecule has 6 heteroatoms. The van der Waals surface area contributed by atoms with Gasteiger partial charge >= 0.3 is 5.97 Å². The first kappa shape index (κ1) is 15.3. The van der Waals surface area contributed by atoms with Gasteiger partial charge in [0.05, 0.1) is 5.56 Å². The molecule has 108 valence electrons. The maximum Gasteiger partial charge on any atom is 0.340 e. The van der Waals surface area contributed by atoms with Crippen LogP contribution >= 0.6 is 22.6 Å². The third kappa shape index (κ3) is 4.45. The van der Waals surface area contributed by atoms with Crippen molar-refractivity contribution in [3.8, 4) is 0 Å². The average Bonchev–Trinajstić information content (AvgIpc) is 2.45. The van der Waals surface area contributed by atoms with Crippen molar-refractivity contribution in [3.05, 3.63) is 57.7 Å². The number of nitrogen functional groups attached to an aromatic ring is 1. The minimum Gasteiger partial charge on any atom is -0.452 e. The first-order valence-corrected chi connectivity index (χ1v) is 7.21. The van der Waals surface area contributed by atoms with Crippen molar-refractivity contribution >= 4 is 45.8 Å². The Morgan fingerprint density at radius 1 is 1.14 bits per heavy atom. The van der Waals surface area contributed by atoms with Gasteiger partial charge < -0.3 is 15.8 Å². The molecular formula is C15H13IN2O3. The first-order chi connectivity index (χ1) is 10.1. The van der Waals surface area contributed by atoms with Crippen molar-refractivity contribution in [2.45, 2.75) is 0 Å². The van der Waals surface area contributed by atoms with E-state index < -0.39 is 11.9 Å². The first-order valence-electron chi connectivity index (χ1n) is 6.13. The Balaban J connectivity index is 1.90.